The number of nitrogens with zero attached hydrogens (tertiary/aromatic N) is 4. The van der Waals surface area contributed by atoms with E-state index in [9.17, 15) is 9.90 Å². The van der Waals surface area contributed by atoms with Gasteiger partial charge < -0.3 is 14.9 Å². The number of amides is 1. The van der Waals surface area contributed by atoms with E-state index in [1.807, 2.05) is 11.9 Å². The van der Waals surface area contributed by atoms with Gasteiger partial charge in [-0.1, -0.05) is 0 Å². The average molecular weight is 253 g/mol. The number of likely N-dealkylation sites (tertiary alicyclic amines) is 1. The zero-order chi connectivity index (χ0) is 13.1. The van der Waals surface area contributed by atoms with Gasteiger partial charge in [0.1, 0.15) is 12.2 Å². The summed E-state index contributed by atoms with van der Waals surface area (Å²) in [4.78, 5) is 19.7. The van der Waals surface area contributed by atoms with Gasteiger partial charge in [-0.2, -0.15) is 5.10 Å². The molecule has 0 saturated carbocycles. The molecule has 100 valence electrons. The molecule has 0 spiro atoms. The Balaban J connectivity index is 1.85. The highest BCUT2D eigenvalue weighted by atomic mass is 16.3. The number of aryl methyl sites for hydroxylation is 1. The number of aromatic nitrogens is 3. The van der Waals surface area contributed by atoms with Gasteiger partial charge in [0.25, 0.3) is 0 Å². The van der Waals surface area contributed by atoms with Crippen molar-refractivity contribution in [3.8, 4) is 0 Å². The van der Waals surface area contributed by atoms with Gasteiger partial charge in [0.2, 0.25) is 5.91 Å². The molecular formula is C11H19N5O2. The molecule has 1 aromatic heterocycles. The fraction of sp³-hybridized carbons (Fsp3) is 0.727. The van der Waals surface area contributed by atoms with Crippen LogP contribution in [-0.4, -0.2) is 75.3 Å². The Morgan fingerprint density at radius 2 is 2.44 bits per heavy atom. The molecule has 7 nitrogen and oxygen atoms in total. The molecule has 2 rings (SSSR count). The summed E-state index contributed by atoms with van der Waals surface area (Å²) in [6, 6.07) is -0.114. The maximum absolute atomic E-state index is 12.0. The third-order valence-corrected chi connectivity index (χ3v) is 3.37. The zero-order valence-corrected chi connectivity index (χ0v) is 10.7. The van der Waals surface area contributed by atoms with Crippen LogP contribution in [0.5, 0.6) is 0 Å². The first-order valence-corrected chi connectivity index (χ1v) is 6.04. The van der Waals surface area contributed by atoms with Crippen LogP contribution < -0.4 is 0 Å². The van der Waals surface area contributed by atoms with Gasteiger partial charge in [-0.15, -0.1) is 0 Å². The molecule has 2 heterocycles. The highest BCUT2D eigenvalue weighted by Crippen LogP contribution is 2.14. The van der Waals surface area contributed by atoms with E-state index in [-0.39, 0.29) is 11.9 Å². The van der Waals surface area contributed by atoms with Gasteiger partial charge in [-0.3, -0.25) is 9.89 Å². The number of aromatic amines is 1. The van der Waals surface area contributed by atoms with Crippen LogP contribution in [0.4, 0.5) is 0 Å². The Bertz CT molecular complexity index is 394. The highest BCUT2D eigenvalue weighted by Gasteiger charge is 2.34. The van der Waals surface area contributed by atoms with Crippen molar-refractivity contribution in [2.75, 3.05) is 27.2 Å². The quantitative estimate of drug-likeness (QED) is 0.709. The second-order valence-electron chi connectivity index (χ2n) is 4.79. The van der Waals surface area contributed by atoms with E-state index in [1.165, 1.54) is 6.33 Å². The molecule has 0 radical (unpaired) electrons. The van der Waals surface area contributed by atoms with Crippen molar-refractivity contribution in [1.29, 1.82) is 0 Å². The summed E-state index contributed by atoms with van der Waals surface area (Å²) in [5.41, 5.74) is 0. The lowest BCUT2D eigenvalue weighted by Crippen LogP contribution is -2.44. The fourth-order valence-corrected chi connectivity index (χ4v) is 2.28. The van der Waals surface area contributed by atoms with Gasteiger partial charge in [0.15, 0.2) is 0 Å². The lowest BCUT2D eigenvalue weighted by Gasteiger charge is -2.26. The number of aliphatic hydroxyl groups is 1. The maximum atomic E-state index is 12.0. The van der Waals surface area contributed by atoms with Crippen molar-refractivity contribution in [3.63, 3.8) is 0 Å². The molecule has 1 fully saturated rings. The molecular weight excluding hydrogens is 234 g/mol. The van der Waals surface area contributed by atoms with Gasteiger partial charge >= 0.3 is 0 Å². The predicted molar refractivity (Wildman–Crippen MR) is 64.8 cm³/mol. The summed E-state index contributed by atoms with van der Waals surface area (Å²) >= 11 is 0. The second-order valence-corrected chi connectivity index (χ2v) is 4.79. The Kier molecular flexibility index (Phi) is 3.93. The molecule has 18 heavy (non-hydrogen) atoms. The van der Waals surface area contributed by atoms with Crippen molar-refractivity contribution in [2.45, 2.75) is 25.0 Å². The molecule has 0 aliphatic carbocycles. The first-order chi connectivity index (χ1) is 8.58. The first-order valence-electron chi connectivity index (χ1n) is 6.04. The number of hydrogen-bond donors (Lipinski definition) is 2. The van der Waals surface area contributed by atoms with Gasteiger partial charge in [0.05, 0.1) is 12.1 Å². The van der Waals surface area contributed by atoms with Crippen molar-refractivity contribution < 1.29 is 9.90 Å². The first kappa shape index (κ1) is 13.0. The summed E-state index contributed by atoms with van der Waals surface area (Å²) in [6.07, 6.45) is 1.88. The number of nitrogens with one attached hydrogen (secondary N) is 1. The van der Waals surface area contributed by atoms with Crippen LogP contribution in [0.1, 0.15) is 12.2 Å². The number of H-pyrrole nitrogens is 1. The largest absolute Gasteiger partial charge is 0.390 e. The summed E-state index contributed by atoms with van der Waals surface area (Å²) in [5.74, 6) is 0.728. The van der Waals surface area contributed by atoms with Crippen LogP contribution in [0.15, 0.2) is 6.33 Å². The lowest BCUT2D eigenvalue weighted by molar-refractivity contribution is -0.133. The van der Waals surface area contributed by atoms with Gasteiger partial charge in [-0.25, -0.2) is 4.98 Å². The van der Waals surface area contributed by atoms with Gasteiger partial charge in [-0.05, 0) is 7.05 Å². The number of aliphatic hydroxyl groups excluding tert-OH is 1. The SMILES string of the molecule is CN1C[C@@H](O)[C@H](N(C)C(=O)CCc2ncn[nH]2)C1. The van der Waals surface area contributed by atoms with Crippen molar-refractivity contribution in [1.82, 2.24) is 25.0 Å². The van der Waals surface area contributed by atoms with Crippen molar-refractivity contribution >= 4 is 5.91 Å². The molecule has 1 amide bonds. The minimum absolute atomic E-state index is 0.0192. The lowest BCUT2D eigenvalue weighted by atomic mass is 10.1. The molecule has 7 heteroatoms. The summed E-state index contributed by atoms with van der Waals surface area (Å²) in [7, 11) is 3.69. The number of hydrogen-bond acceptors (Lipinski definition) is 5. The number of carbonyl (C=O) groups excluding carboxylic acids is 1. The van der Waals surface area contributed by atoms with Gasteiger partial charge in [0, 0.05) is 33.0 Å². The number of likely N-dealkylation sites (N-methyl/N-ethyl adjacent to an activating group) is 2. The highest BCUT2D eigenvalue weighted by molar-refractivity contribution is 5.76. The smallest absolute Gasteiger partial charge is 0.223 e. The second kappa shape index (κ2) is 5.45. The molecule has 0 aromatic carbocycles. The van der Waals surface area contributed by atoms with E-state index in [0.29, 0.717) is 31.8 Å². The van der Waals surface area contributed by atoms with Crippen LogP contribution in [0.25, 0.3) is 0 Å². The Morgan fingerprint density at radius 1 is 1.67 bits per heavy atom. The monoisotopic (exact) mass is 253 g/mol. The number of β-amino-alcohol motifs (C(OH)–C–C–N with tert-alkyl or cyclic N) is 1. The molecule has 1 aliphatic rings. The summed E-state index contributed by atoms with van der Waals surface area (Å²) < 4.78 is 0. The zero-order valence-electron chi connectivity index (χ0n) is 10.7. The fourth-order valence-electron chi connectivity index (χ4n) is 2.28. The van der Waals surface area contributed by atoms with Crippen LogP contribution >= 0.6 is 0 Å². The molecule has 1 saturated heterocycles. The minimum Gasteiger partial charge on any atom is -0.390 e. The molecule has 0 unspecified atom stereocenters. The van der Waals surface area contributed by atoms with Crippen LogP contribution in [-0.2, 0) is 11.2 Å². The Morgan fingerprint density at radius 3 is 3.00 bits per heavy atom. The third-order valence-electron chi connectivity index (χ3n) is 3.37. The van der Waals surface area contributed by atoms with Crippen LogP contribution in [0.3, 0.4) is 0 Å². The molecule has 0 bridgehead atoms. The van der Waals surface area contributed by atoms with E-state index in [4.69, 9.17) is 0 Å². The van der Waals surface area contributed by atoms with Crippen molar-refractivity contribution in [3.05, 3.63) is 12.2 Å². The standard InChI is InChI=1S/C11H19N5O2/c1-15-5-8(9(17)6-15)16(2)11(18)4-3-10-12-7-13-14-10/h7-9,17H,3-6H2,1-2H3,(H,12,13,14)/t8-,9-/m1/s1. The summed E-state index contributed by atoms with van der Waals surface area (Å²) in [6.45, 7) is 1.33. The summed E-state index contributed by atoms with van der Waals surface area (Å²) in [5, 5.41) is 16.3. The number of rotatable bonds is 4. The van der Waals surface area contributed by atoms with E-state index in [2.05, 4.69) is 15.2 Å². The Hall–Kier alpha value is -1.47. The minimum atomic E-state index is -0.464. The van der Waals surface area contributed by atoms with E-state index in [1.54, 1.807) is 11.9 Å². The topological polar surface area (TPSA) is 85.3 Å². The van der Waals surface area contributed by atoms with E-state index >= 15 is 0 Å². The van der Waals surface area contributed by atoms with E-state index in [0.717, 1.165) is 0 Å². The predicted octanol–water partition coefficient (Wildman–Crippen LogP) is -1.13. The van der Waals surface area contributed by atoms with Crippen molar-refractivity contribution in [2.24, 2.45) is 0 Å². The maximum Gasteiger partial charge on any atom is 0.223 e. The molecule has 2 atom stereocenters. The third kappa shape index (κ3) is 2.85. The molecule has 1 aromatic rings. The molecule has 1 aliphatic heterocycles. The van der Waals surface area contributed by atoms with E-state index < -0.39 is 6.10 Å². The molecule has 2 N–H and O–H groups in total. The number of carbonyl (C=O) groups is 1. The average Bonchev–Trinajstić information content (AvgIpc) is 2.94. The van der Waals surface area contributed by atoms with Crippen LogP contribution in [0.2, 0.25) is 0 Å². The Labute approximate surface area is 106 Å². The normalized spacial score (nSPS) is 24.4. The van der Waals surface area contributed by atoms with Crippen LogP contribution in [0, 0.1) is 0 Å².